The molecule has 1 fully saturated rings. The minimum absolute atomic E-state index is 0.257. The van der Waals surface area contributed by atoms with Crippen LogP contribution in [0.5, 0.6) is 0 Å². The van der Waals surface area contributed by atoms with Crippen molar-refractivity contribution in [2.24, 2.45) is 0 Å². The molecule has 2 nitrogen and oxygen atoms in total. The predicted molar refractivity (Wildman–Crippen MR) is 67.5 cm³/mol. The Labute approximate surface area is 98.0 Å². The van der Waals surface area contributed by atoms with Crippen LogP contribution in [0.3, 0.4) is 0 Å². The highest BCUT2D eigenvalue weighted by Crippen LogP contribution is 2.28. The van der Waals surface area contributed by atoms with Crippen LogP contribution in [0.2, 0.25) is 6.04 Å². The highest BCUT2D eigenvalue weighted by molar-refractivity contribution is 6.08. The van der Waals surface area contributed by atoms with E-state index in [9.17, 15) is 0 Å². The first-order valence-electron chi connectivity index (χ1n) is 6.02. The van der Waals surface area contributed by atoms with Gasteiger partial charge in [0.25, 0.3) is 0 Å². The Morgan fingerprint density at radius 3 is 2.20 bits per heavy atom. The largest absolute Gasteiger partial charge is 0.314 e. The fourth-order valence-electron chi connectivity index (χ4n) is 2.86. The zero-order valence-corrected chi connectivity index (χ0v) is 11.6. The predicted octanol–water partition coefficient (Wildman–Crippen LogP) is 1.86. The smallest absolute Gasteiger partial charge is 0.0222 e. The van der Waals surface area contributed by atoms with Gasteiger partial charge in [0, 0.05) is 27.4 Å². The van der Waals surface area contributed by atoms with Crippen LogP contribution >= 0.6 is 0 Å². The second-order valence-corrected chi connectivity index (χ2v) is 6.56. The van der Waals surface area contributed by atoms with Crippen LogP contribution in [0.25, 0.3) is 0 Å². The van der Waals surface area contributed by atoms with Crippen LogP contribution in [-0.2, 0) is 0 Å². The summed E-state index contributed by atoms with van der Waals surface area (Å²) < 4.78 is 0. The quantitative estimate of drug-likeness (QED) is 0.564. The van der Waals surface area contributed by atoms with Crippen LogP contribution in [0.15, 0.2) is 0 Å². The Balaban J connectivity index is 2.44. The van der Waals surface area contributed by atoms with Gasteiger partial charge in [0.2, 0.25) is 0 Å². The van der Waals surface area contributed by atoms with Crippen LogP contribution in [0, 0.1) is 0 Å². The summed E-state index contributed by atoms with van der Waals surface area (Å²) in [6, 6.07) is 1.75. The molecular weight excluding hydrogens is 200 g/mol. The molecule has 3 radical (unpaired) electrons. The van der Waals surface area contributed by atoms with E-state index in [2.05, 4.69) is 48.6 Å². The number of nitrogens with one attached hydrogen (secondary N) is 2. The zero-order chi connectivity index (χ0) is 11.5. The lowest BCUT2D eigenvalue weighted by atomic mass is 9.79. The molecule has 0 unspecified atom stereocenters. The van der Waals surface area contributed by atoms with Gasteiger partial charge in [0.15, 0.2) is 0 Å². The zero-order valence-electron chi connectivity index (χ0n) is 10.6. The van der Waals surface area contributed by atoms with Crippen molar-refractivity contribution in [2.75, 3.05) is 6.54 Å². The SMILES string of the molecule is CC1(C)CC(NCCC[Si])CC(C)(C)N1. The van der Waals surface area contributed by atoms with Gasteiger partial charge >= 0.3 is 0 Å². The number of piperidine rings is 1. The first kappa shape index (κ1) is 13.2. The molecule has 0 aliphatic carbocycles. The Hall–Kier alpha value is 0.137. The van der Waals surface area contributed by atoms with E-state index in [4.69, 9.17) is 0 Å². The molecule has 1 rings (SSSR count). The van der Waals surface area contributed by atoms with Crippen molar-refractivity contribution in [2.45, 2.75) is 70.1 Å². The lowest BCUT2D eigenvalue weighted by Crippen LogP contribution is -2.61. The highest BCUT2D eigenvalue weighted by Gasteiger charge is 2.37. The molecule has 0 aromatic carbocycles. The van der Waals surface area contributed by atoms with Gasteiger partial charge in [-0.3, -0.25) is 0 Å². The van der Waals surface area contributed by atoms with Gasteiger partial charge in [-0.1, -0.05) is 6.04 Å². The van der Waals surface area contributed by atoms with Crippen molar-refractivity contribution < 1.29 is 0 Å². The van der Waals surface area contributed by atoms with E-state index in [1.807, 2.05) is 0 Å². The van der Waals surface area contributed by atoms with E-state index >= 15 is 0 Å². The van der Waals surface area contributed by atoms with Crippen molar-refractivity contribution >= 4 is 10.2 Å². The molecule has 0 atom stereocenters. The molecule has 0 aromatic heterocycles. The second-order valence-electron chi connectivity index (χ2n) is 6.06. The summed E-state index contributed by atoms with van der Waals surface area (Å²) in [7, 11) is 3.51. The summed E-state index contributed by atoms with van der Waals surface area (Å²) in [5.74, 6) is 0. The summed E-state index contributed by atoms with van der Waals surface area (Å²) in [5, 5.41) is 7.37. The highest BCUT2D eigenvalue weighted by atomic mass is 28.1. The van der Waals surface area contributed by atoms with Crippen LogP contribution in [0.4, 0.5) is 0 Å². The van der Waals surface area contributed by atoms with Gasteiger partial charge in [-0.25, -0.2) is 0 Å². The number of hydrogen-bond acceptors (Lipinski definition) is 2. The van der Waals surface area contributed by atoms with Gasteiger partial charge in [-0.15, -0.1) is 0 Å². The Morgan fingerprint density at radius 2 is 1.73 bits per heavy atom. The van der Waals surface area contributed by atoms with E-state index < -0.39 is 0 Å². The third-order valence-electron chi connectivity index (χ3n) is 2.98. The minimum atomic E-state index is 0.257. The average Bonchev–Trinajstić information content (AvgIpc) is 1.98. The van der Waals surface area contributed by atoms with Gasteiger partial charge in [0.05, 0.1) is 0 Å². The van der Waals surface area contributed by atoms with Gasteiger partial charge in [-0.2, -0.15) is 0 Å². The first-order valence-corrected chi connectivity index (χ1v) is 6.73. The van der Waals surface area contributed by atoms with E-state index in [1.165, 1.54) is 19.3 Å². The van der Waals surface area contributed by atoms with Crippen molar-refractivity contribution in [3.8, 4) is 0 Å². The van der Waals surface area contributed by atoms with Crippen LogP contribution in [-0.4, -0.2) is 33.9 Å². The molecule has 0 saturated carbocycles. The molecule has 87 valence electrons. The fraction of sp³-hybridized carbons (Fsp3) is 1.00. The molecule has 1 saturated heterocycles. The number of hydrogen-bond donors (Lipinski definition) is 2. The third-order valence-corrected chi connectivity index (χ3v) is 3.33. The molecule has 1 aliphatic rings. The molecular formula is C12H25N2Si. The fourth-order valence-corrected chi connectivity index (χ4v) is 3.04. The lowest BCUT2D eigenvalue weighted by Gasteiger charge is -2.46. The molecule has 15 heavy (non-hydrogen) atoms. The van der Waals surface area contributed by atoms with E-state index in [-0.39, 0.29) is 11.1 Å². The normalized spacial score (nSPS) is 25.4. The summed E-state index contributed by atoms with van der Waals surface area (Å²) in [6.07, 6.45) is 3.65. The molecule has 1 heterocycles. The van der Waals surface area contributed by atoms with Crippen molar-refractivity contribution in [3.63, 3.8) is 0 Å². The maximum atomic E-state index is 3.70. The number of rotatable bonds is 4. The van der Waals surface area contributed by atoms with Crippen molar-refractivity contribution in [1.29, 1.82) is 0 Å². The van der Waals surface area contributed by atoms with Crippen molar-refractivity contribution in [3.05, 3.63) is 0 Å². The van der Waals surface area contributed by atoms with Crippen LogP contribution < -0.4 is 10.6 Å². The topological polar surface area (TPSA) is 24.1 Å². The molecule has 3 heteroatoms. The summed E-state index contributed by atoms with van der Waals surface area (Å²) in [4.78, 5) is 0. The minimum Gasteiger partial charge on any atom is -0.314 e. The second kappa shape index (κ2) is 4.98. The van der Waals surface area contributed by atoms with Crippen molar-refractivity contribution in [1.82, 2.24) is 10.6 Å². The van der Waals surface area contributed by atoms with Gasteiger partial charge < -0.3 is 10.6 Å². The molecule has 0 spiro atoms. The lowest BCUT2D eigenvalue weighted by molar-refractivity contribution is 0.146. The molecule has 0 amide bonds. The molecule has 2 N–H and O–H groups in total. The standard InChI is InChI=1S/C12H25N2Si/c1-11(2)8-10(13-6-5-7-15)9-12(3,4)14-11/h10,13-14H,5-9H2,1-4H3. The summed E-state index contributed by atoms with van der Waals surface area (Å²) in [5.41, 5.74) is 0.515. The first-order chi connectivity index (χ1) is 6.85. The van der Waals surface area contributed by atoms with Crippen LogP contribution in [0.1, 0.15) is 47.0 Å². The Morgan fingerprint density at radius 1 is 1.20 bits per heavy atom. The third kappa shape index (κ3) is 4.66. The molecule has 1 aliphatic heterocycles. The monoisotopic (exact) mass is 225 g/mol. The maximum Gasteiger partial charge on any atom is 0.0222 e. The Kier molecular flexibility index (Phi) is 4.38. The molecule has 0 bridgehead atoms. The van der Waals surface area contributed by atoms with Gasteiger partial charge in [-0.05, 0) is 53.5 Å². The summed E-state index contributed by atoms with van der Waals surface area (Å²) >= 11 is 0. The molecule has 0 aromatic rings. The van der Waals surface area contributed by atoms with E-state index in [1.54, 1.807) is 0 Å². The summed E-state index contributed by atoms with van der Waals surface area (Å²) in [6.45, 7) is 10.3. The maximum absolute atomic E-state index is 3.70. The van der Waals surface area contributed by atoms with E-state index in [0.717, 1.165) is 12.6 Å². The average molecular weight is 225 g/mol. The van der Waals surface area contributed by atoms with Gasteiger partial charge in [0.1, 0.15) is 0 Å². The Bertz CT molecular complexity index is 186. The van der Waals surface area contributed by atoms with E-state index in [0.29, 0.717) is 6.04 Å².